The predicted molar refractivity (Wildman–Crippen MR) is 147 cm³/mol. The Bertz CT molecular complexity index is 1010. The van der Waals surface area contributed by atoms with E-state index in [1.807, 2.05) is 19.0 Å². The fourth-order valence-electron chi connectivity index (χ4n) is 3.83. The van der Waals surface area contributed by atoms with Crippen LogP contribution in [-0.2, 0) is 31.9 Å². The first-order chi connectivity index (χ1) is 17.2. The molecule has 0 fully saturated rings. The summed E-state index contributed by atoms with van der Waals surface area (Å²) in [7, 11) is 3.72. The molecule has 36 heavy (non-hydrogen) atoms. The van der Waals surface area contributed by atoms with Crippen LogP contribution in [0.25, 0.3) is 11.1 Å². The van der Waals surface area contributed by atoms with Gasteiger partial charge >= 0.3 is 11.9 Å². The molecule has 0 bridgehead atoms. The third-order valence-electron chi connectivity index (χ3n) is 5.86. The first-order valence-corrected chi connectivity index (χ1v) is 12.7. The lowest BCUT2D eigenvalue weighted by molar-refractivity contribution is -0.146. The molecule has 1 unspecified atom stereocenters. The van der Waals surface area contributed by atoms with Crippen LogP contribution in [0.2, 0.25) is 0 Å². The Balaban J connectivity index is 1.99. The monoisotopic (exact) mass is 491 g/mol. The Kier molecular flexibility index (Phi) is 12.1. The van der Waals surface area contributed by atoms with Gasteiger partial charge in [-0.15, -0.1) is 0 Å². The van der Waals surface area contributed by atoms with Crippen LogP contribution in [0, 0.1) is 0 Å². The smallest absolute Gasteiger partial charge is 0.334 e. The molecule has 194 valence electrons. The molecule has 2 rings (SSSR count). The summed E-state index contributed by atoms with van der Waals surface area (Å²) in [6.07, 6.45) is 5.32. The maximum Gasteiger partial charge on any atom is 0.334 e. The van der Waals surface area contributed by atoms with E-state index >= 15 is 0 Å². The lowest BCUT2D eigenvalue weighted by atomic mass is 9.98. The van der Waals surface area contributed by atoms with Gasteiger partial charge in [-0.1, -0.05) is 81.5 Å². The van der Waals surface area contributed by atoms with Crippen molar-refractivity contribution in [3.05, 3.63) is 84.0 Å². The van der Waals surface area contributed by atoms with Crippen LogP contribution < -0.4 is 0 Å². The standard InChI is InChI=1S/C31H41NO4/c1-7-8-9-10-25-11-15-27(16-12-25)28-17-13-26(14-18-28)21-29(36-30(33)23(2)3)19-20-35-31(34)24(4)22-32(5)6/h11-18,29H,2,4,7-10,19-22H2,1,3,5-6H3. The molecule has 0 spiro atoms. The second kappa shape index (κ2) is 15.0. The highest BCUT2D eigenvalue weighted by molar-refractivity contribution is 5.88. The van der Waals surface area contributed by atoms with Crippen molar-refractivity contribution < 1.29 is 19.1 Å². The third-order valence-corrected chi connectivity index (χ3v) is 5.86. The minimum Gasteiger partial charge on any atom is -0.462 e. The molecule has 0 N–H and O–H groups in total. The van der Waals surface area contributed by atoms with Gasteiger partial charge < -0.3 is 14.4 Å². The van der Waals surface area contributed by atoms with Crippen LogP contribution in [0.5, 0.6) is 0 Å². The van der Waals surface area contributed by atoms with Crippen molar-refractivity contribution in [2.75, 3.05) is 27.2 Å². The van der Waals surface area contributed by atoms with E-state index in [4.69, 9.17) is 9.47 Å². The highest BCUT2D eigenvalue weighted by atomic mass is 16.6. The maximum absolute atomic E-state index is 12.2. The molecule has 0 radical (unpaired) electrons. The Morgan fingerprint density at radius 2 is 1.47 bits per heavy atom. The molecule has 0 saturated carbocycles. The number of unbranched alkanes of at least 4 members (excludes halogenated alkanes) is 2. The minimum atomic E-state index is -0.445. The first kappa shape index (κ1) is 29.1. The zero-order valence-electron chi connectivity index (χ0n) is 22.3. The molecule has 0 amide bonds. The number of aryl methyl sites for hydroxylation is 1. The minimum absolute atomic E-state index is 0.141. The highest BCUT2D eigenvalue weighted by Crippen LogP contribution is 2.22. The predicted octanol–water partition coefficient (Wildman–Crippen LogP) is 6.17. The second-order valence-corrected chi connectivity index (χ2v) is 9.63. The summed E-state index contributed by atoms with van der Waals surface area (Å²) < 4.78 is 11.0. The zero-order valence-corrected chi connectivity index (χ0v) is 22.3. The molecule has 2 aromatic rings. The number of hydrogen-bond donors (Lipinski definition) is 0. The molecule has 0 aromatic heterocycles. The van der Waals surface area contributed by atoms with E-state index in [1.54, 1.807) is 6.92 Å². The SMILES string of the molecule is C=C(C)C(=O)OC(CCOC(=O)C(=C)CN(C)C)Cc1ccc(-c2ccc(CCCCC)cc2)cc1. The third kappa shape index (κ3) is 10.2. The average Bonchev–Trinajstić information content (AvgIpc) is 2.84. The summed E-state index contributed by atoms with van der Waals surface area (Å²) in [5, 5.41) is 0. The van der Waals surface area contributed by atoms with Gasteiger partial charge in [0.1, 0.15) is 6.10 Å². The van der Waals surface area contributed by atoms with E-state index in [2.05, 4.69) is 68.6 Å². The van der Waals surface area contributed by atoms with E-state index in [1.165, 1.54) is 30.4 Å². The molecule has 5 nitrogen and oxygen atoms in total. The van der Waals surface area contributed by atoms with Gasteiger partial charge in [-0.05, 0) is 56.1 Å². The largest absolute Gasteiger partial charge is 0.462 e. The summed E-state index contributed by atoms with van der Waals surface area (Å²) in [5.41, 5.74) is 5.46. The quantitative estimate of drug-likeness (QED) is 0.169. The number of hydrogen-bond acceptors (Lipinski definition) is 5. The van der Waals surface area contributed by atoms with Gasteiger partial charge in [0.25, 0.3) is 0 Å². The Morgan fingerprint density at radius 1 is 0.889 bits per heavy atom. The molecule has 0 heterocycles. The van der Waals surface area contributed by atoms with Crippen molar-refractivity contribution in [3.63, 3.8) is 0 Å². The fourth-order valence-corrected chi connectivity index (χ4v) is 3.83. The highest BCUT2D eigenvalue weighted by Gasteiger charge is 2.18. The molecular formula is C31H41NO4. The number of esters is 2. The van der Waals surface area contributed by atoms with Gasteiger partial charge in [-0.3, -0.25) is 0 Å². The van der Waals surface area contributed by atoms with Crippen LogP contribution in [0.1, 0.15) is 50.7 Å². The zero-order chi connectivity index (χ0) is 26.5. The van der Waals surface area contributed by atoms with Crippen molar-refractivity contribution >= 4 is 11.9 Å². The lowest BCUT2D eigenvalue weighted by Gasteiger charge is -2.19. The summed E-state index contributed by atoms with van der Waals surface area (Å²) in [6.45, 7) is 11.9. The van der Waals surface area contributed by atoms with Gasteiger partial charge in [0.2, 0.25) is 0 Å². The Morgan fingerprint density at radius 3 is 2.00 bits per heavy atom. The van der Waals surface area contributed by atoms with Crippen LogP contribution in [-0.4, -0.2) is 50.2 Å². The Hall–Kier alpha value is -3.18. The van der Waals surface area contributed by atoms with Gasteiger partial charge in [-0.2, -0.15) is 0 Å². The van der Waals surface area contributed by atoms with Crippen molar-refractivity contribution in [2.24, 2.45) is 0 Å². The average molecular weight is 492 g/mol. The summed E-state index contributed by atoms with van der Waals surface area (Å²) in [6, 6.07) is 17.0. The number of ether oxygens (including phenoxy) is 2. The second-order valence-electron chi connectivity index (χ2n) is 9.63. The fraction of sp³-hybridized carbons (Fsp3) is 0.419. The normalized spacial score (nSPS) is 11.7. The molecular weight excluding hydrogens is 450 g/mol. The van der Waals surface area contributed by atoms with E-state index in [0.29, 0.717) is 30.5 Å². The molecule has 1 atom stereocenters. The number of likely N-dealkylation sites (N-methyl/N-ethyl adjacent to an activating group) is 1. The number of carbonyl (C=O) groups excluding carboxylic acids is 2. The number of carbonyl (C=O) groups is 2. The molecule has 0 saturated heterocycles. The van der Waals surface area contributed by atoms with E-state index in [0.717, 1.165) is 17.5 Å². The van der Waals surface area contributed by atoms with Crippen LogP contribution in [0.4, 0.5) is 0 Å². The molecule has 0 aliphatic rings. The summed E-state index contributed by atoms with van der Waals surface area (Å²) in [4.78, 5) is 26.2. The lowest BCUT2D eigenvalue weighted by Crippen LogP contribution is -2.25. The van der Waals surface area contributed by atoms with Gasteiger partial charge in [0, 0.05) is 30.5 Å². The van der Waals surface area contributed by atoms with Crippen LogP contribution in [0.3, 0.4) is 0 Å². The topological polar surface area (TPSA) is 55.8 Å². The Labute approximate surface area is 216 Å². The van der Waals surface area contributed by atoms with Crippen LogP contribution in [0.15, 0.2) is 72.8 Å². The molecule has 2 aromatic carbocycles. The first-order valence-electron chi connectivity index (χ1n) is 12.7. The molecule has 0 aliphatic carbocycles. The maximum atomic E-state index is 12.2. The molecule has 5 heteroatoms. The van der Waals surface area contributed by atoms with Crippen molar-refractivity contribution in [1.29, 1.82) is 0 Å². The summed E-state index contributed by atoms with van der Waals surface area (Å²) >= 11 is 0. The molecule has 0 aliphatic heterocycles. The van der Waals surface area contributed by atoms with Gasteiger partial charge in [-0.25, -0.2) is 9.59 Å². The van der Waals surface area contributed by atoms with Crippen molar-refractivity contribution in [2.45, 2.75) is 58.5 Å². The van der Waals surface area contributed by atoms with E-state index < -0.39 is 18.0 Å². The number of nitrogens with zero attached hydrogens (tertiary/aromatic N) is 1. The van der Waals surface area contributed by atoms with E-state index in [9.17, 15) is 9.59 Å². The van der Waals surface area contributed by atoms with Crippen LogP contribution >= 0.6 is 0 Å². The van der Waals surface area contributed by atoms with Gasteiger partial charge in [0.15, 0.2) is 0 Å². The number of rotatable bonds is 15. The van der Waals surface area contributed by atoms with Gasteiger partial charge in [0.05, 0.1) is 6.61 Å². The van der Waals surface area contributed by atoms with E-state index in [-0.39, 0.29) is 6.61 Å². The van der Waals surface area contributed by atoms with Crippen molar-refractivity contribution in [3.8, 4) is 11.1 Å². The summed E-state index contributed by atoms with van der Waals surface area (Å²) in [5.74, 6) is -0.881. The van der Waals surface area contributed by atoms with Crippen molar-refractivity contribution in [1.82, 2.24) is 4.90 Å². The number of benzene rings is 2.